The summed E-state index contributed by atoms with van der Waals surface area (Å²) in [6.45, 7) is 3.31. The summed E-state index contributed by atoms with van der Waals surface area (Å²) in [4.78, 5) is 33.9. The zero-order valence-electron chi connectivity index (χ0n) is 12.5. The van der Waals surface area contributed by atoms with E-state index in [4.69, 9.17) is 4.74 Å². The molecule has 0 saturated heterocycles. The van der Waals surface area contributed by atoms with Crippen LogP contribution < -0.4 is 10.6 Å². The number of esters is 1. The van der Waals surface area contributed by atoms with Gasteiger partial charge in [-0.2, -0.15) is 0 Å². The number of carbonyl (C=O) groups excluding carboxylic acids is 2. The van der Waals surface area contributed by atoms with Crippen molar-refractivity contribution in [3.63, 3.8) is 0 Å². The highest BCUT2D eigenvalue weighted by molar-refractivity contribution is 5.95. The van der Waals surface area contributed by atoms with E-state index in [-0.39, 0.29) is 29.1 Å². The Labute approximate surface area is 131 Å². The Bertz CT molecular complexity index is 712. The SMILES string of the molecule is CCOC(=O)C1=C(C)NC(=O)NC1c1ccc([N+](=O)[O-])cc1O. The molecule has 0 fully saturated rings. The van der Waals surface area contributed by atoms with E-state index in [1.807, 2.05) is 0 Å². The topological polar surface area (TPSA) is 131 Å². The molecule has 2 amide bonds. The molecule has 0 aromatic heterocycles. The number of allylic oxidation sites excluding steroid dienone is 1. The average Bonchev–Trinajstić information content (AvgIpc) is 2.46. The molecular formula is C14H15N3O6. The first-order valence-electron chi connectivity index (χ1n) is 6.77. The number of nitro groups is 1. The molecule has 9 heteroatoms. The van der Waals surface area contributed by atoms with Gasteiger partial charge >= 0.3 is 12.0 Å². The van der Waals surface area contributed by atoms with Crippen LogP contribution in [0.15, 0.2) is 29.5 Å². The Balaban J connectivity index is 2.50. The smallest absolute Gasteiger partial charge is 0.338 e. The number of ether oxygens (including phenoxy) is 1. The van der Waals surface area contributed by atoms with Gasteiger partial charge in [-0.1, -0.05) is 0 Å². The Hall–Kier alpha value is -3.10. The van der Waals surface area contributed by atoms with E-state index < -0.39 is 28.7 Å². The maximum absolute atomic E-state index is 12.1. The van der Waals surface area contributed by atoms with Gasteiger partial charge in [0.2, 0.25) is 0 Å². The van der Waals surface area contributed by atoms with Crippen LogP contribution in [0.25, 0.3) is 0 Å². The van der Waals surface area contributed by atoms with Crippen LogP contribution >= 0.6 is 0 Å². The summed E-state index contributed by atoms with van der Waals surface area (Å²) in [6.07, 6.45) is 0. The largest absolute Gasteiger partial charge is 0.507 e. The zero-order valence-corrected chi connectivity index (χ0v) is 12.5. The first kappa shape index (κ1) is 16.3. The van der Waals surface area contributed by atoms with Crippen LogP contribution in [0.5, 0.6) is 5.75 Å². The van der Waals surface area contributed by atoms with Crippen molar-refractivity contribution in [2.24, 2.45) is 0 Å². The van der Waals surface area contributed by atoms with E-state index in [1.54, 1.807) is 6.92 Å². The molecule has 0 aliphatic carbocycles. The number of phenolic OH excluding ortho intramolecular Hbond substituents is 1. The van der Waals surface area contributed by atoms with Crippen molar-refractivity contribution >= 4 is 17.7 Å². The molecule has 1 aromatic rings. The van der Waals surface area contributed by atoms with E-state index in [0.717, 1.165) is 6.07 Å². The van der Waals surface area contributed by atoms with Crippen LogP contribution in [0.3, 0.4) is 0 Å². The van der Waals surface area contributed by atoms with Gasteiger partial charge in [-0.05, 0) is 19.9 Å². The number of nitrogens with one attached hydrogen (secondary N) is 2. The number of urea groups is 1. The number of carbonyl (C=O) groups is 2. The first-order chi connectivity index (χ1) is 10.8. The second-order valence-electron chi connectivity index (χ2n) is 4.79. The van der Waals surface area contributed by atoms with Crippen LogP contribution in [0, 0.1) is 10.1 Å². The third kappa shape index (κ3) is 3.23. The van der Waals surface area contributed by atoms with E-state index in [2.05, 4.69) is 10.6 Å². The van der Waals surface area contributed by atoms with Crippen LogP contribution in [0.4, 0.5) is 10.5 Å². The van der Waals surface area contributed by atoms with Crippen molar-refractivity contribution in [3.8, 4) is 5.75 Å². The number of hydrogen-bond donors (Lipinski definition) is 3. The normalized spacial score (nSPS) is 17.3. The fourth-order valence-corrected chi connectivity index (χ4v) is 2.30. The molecule has 9 nitrogen and oxygen atoms in total. The zero-order chi connectivity index (χ0) is 17.1. The van der Waals surface area contributed by atoms with Gasteiger partial charge in [-0.15, -0.1) is 0 Å². The number of non-ortho nitro benzene ring substituents is 1. The molecule has 1 aliphatic rings. The highest BCUT2D eigenvalue weighted by atomic mass is 16.6. The Morgan fingerprint density at radius 2 is 2.17 bits per heavy atom. The molecular weight excluding hydrogens is 306 g/mol. The summed E-state index contributed by atoms with van der Waals surface area (Å²) < 4.78 is 4.96. The quantitative estimate of drug-likeness (QED) is 0.437. The van der Waals surface area contributed by atoms with Gasteiger partial charge in [0.1, 0.15) is 5.75 Å². The van der Waals surface area contributed by atoms with Gasteiger partial charge in [0.15, 0.2) is 0 Å². The standard InChI is InChI=1S/C14H15N3O6/c1-3-23-13(19)11-7(2)15-14(20)16-12(11)9-5-4-8(17(21)22)6-10(9)18/h4-6,12,18H,3H2,1-2H3,(H2,15,16,20). The molecule has 2 rings (SSSR count). The molecule has 1 aliphatic heterocycles. The summed E-state index contributed by atoms with van der Waals surface area (Å²) in [5.74, 6) is -1.05. The fourth-order valence-electron chi connectivity index (χ4n) is 2.30. The van der Waals surface area contributed by atoms with Gasteiger partial charge in [-0.25, -0.2) is 9.59 Å². The van der Waals surface area contributed by atoms with Crippen molar-refractivity contribution in [1.82, 2.24) is 10.6 Å². The molecule has 122 valence electrons. The van der Waals surface area contributed by atoms with E-state index >= 15 is 0 Å². The summed E-state index contributed by atoms with van der Waals surface area (Å²) in [6, 6.07) is 1.90. The minimum absolute atomic E-state index is 0.121. The lowest BCUT2D eigenvalue weighted by atomic mass is 9.94. The predicted octanol–water partition coefficient (Wildman–Crippen LogP) is 1.49. The number of hydrogen-bond acceptors (Lipinski definition) is 6. The highest BCUT2D eigenvalue weighted by Gasteiger charge is 2.34. The minimum Gasteiger partial charge on any atom is -0.507 e. The lowest BCUT2D eigenvalue weighted by Gasteiger charge is -2.28. The fraction of sp³-hybridized carbons (Fsp3) is 0.286. The van der Waals surface area contributed by atoms with Crippen LogP contribution in [-0.4, -0.2) is 28.6 Å². The second-order valence-corrected chi connectivity index (χ2v) is 4.79. The number of aromatic hydroxyl groups is 1. The van der Waals surface area contributed by atoms with Gasteiger partial charge in [0.25, 0.3) is 5.69 Å². The number of nitrogens with zero attached hydrogens (tertiary/aromatic N) is 1. The van der Waals surface area contributed by atoms with Gasteiger partial charge < -0.3 is 20.5 Å². The summed E-state index contributed by atoms with van der Waals surface area (Å²) in [5.41, 5.74) is 0.267. The van der Waals surface area contributed by atoms with Crippen molar-refractivity contribution < 1.29 is 24.4 Å². The number of amides is 2. The Kier molecular flexibility index (Phi) is 4.49. The van der Waals surface area contributed by atoms with Crippen LogP contribution in [0.2, 0.25) is 0 Å². The van der Waals surface area contributed by atoms with Gasteiger partial charge in [-0.3, -0.25) is 10.1 Å². The molecule has 0 radical (unpaired) electrons. The third-order valence-corrected chi connectivity index (χ3v) is 3.30. The molecule has 1 atom stereocenters. The van der Waals surface area contributed by atoms with Crippen molar-refractivity contribution in [2.45, 2.75) is 19.9 Å². The Morgan fingerprint density at radius 3 is 2.74 bits per heavy atom. The van der Waals surface area contributed by atoms with Gasteiger partial charge in [0.05, 0.1) is 29.2 Å². The monoisotopic (exact) mass is 321 g/mol. The highest BCUT2D eigenvalue weighted by Crippen LogP contribution is 2.34. The lowest BCUT2D eigenvalue weighted by Crippen LogP contribution is -2.45. The number of rotatable bonds is 4. The molecule has 0 saturated carbocycles. The number of nitro benzene ring substituents is 1. The average molecular weight is 321 g/mol. The van der Waals surface area contributed by atoms with Crippen LogP contribution in [-0.2, 0) is 9.53 Å². The van der Waals surface area contributed by atoms with E-state index in [0.29, 0.717) is 0 Å². The maximum atomic E-state index is 12.1. The number of phenols is 1. The van der Waals surface area contributed by atoms with E-state index in [1.165, 1.54) is 19.1 Å². The molecule has 1 unspecified atom stereocenters. The molecule has 23 heavy (non-hydrogen) atoms. The third-order valence-electron chi connectivity index (χ3n) is 3.30. The second kappa shape index (κ2) is 6.34. The molecule has 1 heterocycles. The summed E-state index contributed by atoms with van der Waals surface area (Å²) in [5, 5.41) is 25.7. The van der Waals surface area contributed by atoms with Crippen LogP contribution in [0.1, 0.15) is 25.5 Å². The van der Waals surface area contributed by atoms with Crippen molar-refractivity contribution in [2.75, 3.05) is 6.61 Å². The minimum atomic E-state index is -0.969. The van der Waals surface area contributed by atoms with Crippen molar-refractivity contribution in [3.05, 3.63) is 45.1 Å². The molecule has 1 aromatic carbocycles. The summed E-state index contributed by atoms with van der Waals surface area (Å²) in [7, 11) is 0. The van der Waals surface area contributed by atoms with Gasteiger partial charge in [0, 0.05) is 17.3 Å². The number of benzene rings is 1. The first-order valence-corrected chi connectivity index (χ1v) is 6.77. The Morgan fingerprint density at radius 1 is 1.48 bits per heavy atom. The maximum Gasteiger partial charge on any atom is 0.338 e. The summed E-state index contributed by atoms with van der Waals surface area (Å²) >= 11 is 0. The predicted molar refractivity (Wildman–Crippen MR) is 78.5 cm³/mol. The molecule has 3 N–H and O–H groups in total. The molecule has 0 spiro atoms. The van der Waals surface area contributed by atoms with Crippen molar-refractivity contribution in [1.29, 1.82) is 0 Å². The van der Waals surface area contributed by atoms with E-state index in [9.17, 15) is 24.8 Å². The lowest BCUT2D eigenvalue weighted by molar-refractivity contribution is -0.384. The molecule has 0 bridgehead atoms.